The third kappa shape index (κ3) is 4.28. The molecule has 0 aromatic heterocycles. The largest absolute Gasteiger partial charge is 0.462 e. The number of esters is 1. The lowest BCUT2D eigenvalue weighted by molar-refractivity contribution is -0.143. The molecule has 0 aliphatic carbocycles. The fourth-order valence-electron chi connectivity index (χ4n) is 0.938. The van der Waals surface area contributed by atoms with Gasteiger partial charge in [0.1, 0.15) is 5.69 Å². The number of carbonyl (C=O) groups is 1. The molecule has 0 unspecified atom stereocenters. The van der Waals surface area contributed by atoms with Gasteiger partial charge < -0.3 is 4.74 Å². The summed E-state index contributed by atoms with van der Waals surface area (Å²) in [7, 11) is 0. The van der Waals surface area contributed by atoms with E-state index in [1.165, 1.54) is 12.1 Å². The number of ether oxygens (including phenoxy) is 1. The zero-order valence-electron chi connectivity index (χ0n) is 9.16. The van der Waals surface area contributed by atoms with E-state index in [0.29, 0.717) is 5.02 Å². The smallest absolute Gasteiger partial charge is 0.367 e. The molecule has 0 N–H and O–H groups in total. The highest BCUT2D eigenvalue weighted by molar-refractivity contribution is 6.57. The first-order chi connectivity index (χ1) is 8.36. The molecule has 1 aromatic carbocycles. The first-order valence-electron chi connectivity index (χ1n) is 4.80. The van der Waals surface area contributed by atoms with E-state index in [-0.39, 0.29) is 17.3 Å². The van der Waals surface area contributed by atoms with Crippen LogP contribution in [0.5, 0.6) is 0 Å². The maximum atomic E-state index is 11.3. The molecule has 1 rings (SSSR count). The summed E-state index contributed by atoms with van der Waals surface area (Å²) in [6.45, 7) is 1.76. The van der Waals surface area contributed by atoms with Crippen LogP contribution in [0.4, 0.5) is 5.69 Å². The fraction of sp³-hybridized carbons (Fsp3) is 0.300. The molecule has 0 saturated carbocycles. The van der Waals surface area contributed by atoms with Crippen molar-refractivity contribution in [1.29, 1.82) is 0 Å². The van der Waals surface area contributed by atoms with Crippen LogP contribution in [0.2, 0.25) is 10.0 Å². The molecule has 0 heterocycles. The topological polar surface area (TPSA) is 51.0 Å². The molecule has 0 atom stereocenters. The van der Waals surface area contributed by atoms with Crippen molar-refractivity contribution < 1.29 is 9.53 Å². The minimum absolute atomic E-state index is 0.136. The van der Waals surface area contributed by atoms with Gasteiger partial charge in [0.25, 0.3) is 0 Å². The Bertz CT molecular complexity index is 477. The van der Waals surface area contributed by atoms with Crippen molar-refractivity contribution in [3.05, 3.63) is 28.2 Å². The highest BCUT2D eigenvalue weighted by atomic mass is 35.5. The van der Waals surface area contributed by atoms with Gasteiger partial charge in [-0.05, 0) is 25.1 Å². The van der Waals surface area contributed by atoms with Crippen molar-refractivity contribution in [3.8, 4) is 0 Å². The van der Waals surface area contributed by atoms with Gasteiger partial charge in [-0.1, -0.05) is 46.4 Å². The third-order valence-electron chi connectivity index (χ3n) is 1.71. The normalized spacial score (nSPS) is 11.8. The second kappa shape index (κ2) is 6.57. The summed E-state index contributed by atoms with van der Waals surface area (Å²) in [4.78, 5) is 11.3. The number of hydrogen-bond donors (Lipinski definition) is 0. The minimum Gasteiger partial charge on any atom is -0.462 e. The predicted octanol–water partition coefficient (Wildman–Crippen LogP) is 4.77. The molecule has 1 aromatic rings. The molecule has 0 aliphatic rings. The Kier molecular flexibility index (Phi) is 5.66. The molecule has 4 nitrogen and oxygen atoms in total. The van der Waals surface area contributed by atoms with Crippen LogP contribution in [0, 0.1) is 0 Å². The average molecular weight is 330 g/mol. The second-order valence-electron chi connectivity index (χ2n) is 3.06. The molecule has 8 heteroatoms. The quantitative estimate of drug-likeness (QED) is 0.345. The summed E-state index contributed by atoms with van der Waals surface area (Å²) in [5.41, 5.74) is 0.288. The van der Waals surface area contributed by atoms with Crippen molar-refractivity contribution >= 4 is 58.1 Å². The van der Waals surface area contributed by atoms with Crippen molar-refractivity contribution in [3.63, 3.8) is 0 Å². The Labute approximate surface area is 124 Å². The standard InChI is InChI=1S/C10H8Cl4N2O2/c1-2-18-9(17)10(13,14)16-15-8-4-3-6(11)5-7(8)12/h3-5H,2H2,1H3. The molecule has 0 bridgehead atoms. The lowest BCUT2D eigenvalue weighted by Gasteiger charge is -2.10. The van der Waals surface area contributed by atoms with Crippen LogP contribution in [0.25, 0.3) is 0 Å². The van der Waals surface area contributed by atoms with Crippen LogP contribution in [0.1, 0.15) is 6.92 Å². The summed E-state index contributed by atoms with van der Waals surface area (Å²) in [6, 6.07) is 4.56. The SMILES string of the molecule is CCOC(=O)C(Cl)(Cl)N=Nc1ccc(Cl)cc1Cl. The van der Waals surface area contributed by atoms with Crippen molar-refractivity contribution in [2.45, 2.75) is 11.4 Å². The van der Waals surface area contributed by atoms with Crippen LogP contribution in [0.3, 0.4) is 0 Å². The average Bonchev–Trinajstić information content (AvgIpc) is 2.28. The van der Waals surface area contributed by atoms with Crippen LogP contribution in [0.15, 0.2) is 28.4 Å². The van der Waals surface area contributed by atoms with Crippen LogP contribution >= 0.6 is 46.4 Å². The van der Waals surface area contributed by atoms with E-state index in [9.17, 15) is 4.79 Å². The number of benzene rings is 1. The second-order valence-corrected chi connectivity index (χ2v) is 5.19. The molecule has 0 saturated heterocycles. The molecule has 18 heavy (non-hydrogen) atoms. The summed E-state index contributed by atoms with van der Waals surface area (Å²) in [5, 5.41) is 7.90. The summed E-state index contributed by atoms with van der Waals surface area (Å²) >= 11 is 22.9. The van der Waals surface area contributed by atoms with Crippen molar-refractivity contribution in [2.75, 3.05) is 6.61 Å². The number of nitrogens with zero attached hydrogens (tertiary/aromatic N) is 2. The van der Waals surface area contributed by atoms with Crippen molar-refractivity contribution in [1.82, 2.24) is 0 Å². The van der Waals surface area contributed by atoms with Gasteiger partial charge in [0.05, 0.1) is 11.6 Å². The van der Waals surface area contributed by atoms with E-state index in [1.54, 1.807) is 13.0 Å². The number of alkyl halides is 2. The molecular weight excluding hydrogens is 322 g/mol. The number of azo groups is 1. The molecule has 0 radical (unpaired) electrons. The summed E-state index contributed by atoms with van der Waals surface area (Å²) in [6.07, 6.45) is 0. The van der Waals surface area contributed by atoms with E-state index >= 15 is 0 Å². The zero-order chi connectivity index (χ0) is 13.8. The third-order valence-corrected chi connectivity index (χ3v) is 2.71. The van der Waals surface area contributed by atoms with Gasteiger partial charge in [-0.15, -0.1) is 5.11 Å². The summed E-state index contributed by atoms with van der Waals surface area (Å²) in [5.74, 6) is -0.901. The molecule has 0 spiro atoms. The van der Waals surface area contributed by atoms with Gasteiger partial charge in [-0.2, -0.15) is 5.11 Å². The number of carbonyl (C=O) groups excluding carboxylic acids is 1. The van der Waals surface area contributed by atoms with Crippen molar-refractivity contribution in [2.24, 2.45) is 10.2 Å². The number of hydrogen-bond acceptors (Lipinski definition) is 4. The monoisotopic (exact) mass is 328 g/mol. The first-order valence-corrected chi connectivity index (χ1v) is 6.31. The van der Waals surface area contributed by atoms with Crippen LogP contribution in [-0.2, 0) is 9.53 Å². The Morgan fingerprint density at radius 3 is 2.61 bits per heavy atom. The van der Waals surface area contributed by atoms with Gasteiger partial charge in [0.15, 0.2) is 0 Å². The van der Waals surface area contributed by atoms with Crippen LogP contribution in [-0.4, -0.2) is 17.0 Å². The molecule has 98 valence electrons. The highest BCUT2D eigenvalue weighted by Gasteiger charge is 2.35. The van der Waals surface area contributed by atoms with Crippen LogP contribution < -0.4 is 0 Å². The maximum absolute atomic E-state index is 11.3. The minimum atomic E-state index is -2.10. The fourth-order valence-corrected chi connectivity index (χ4v) is 1.57. The Morgan fingerprint density at radius 1 is 1.39 bits per heavy atom. The first kappa shape index (κ1) is 15.5. The van der Waals surface area contributed by atoms with E-state index in [2.05, 4.69) is 15.0 Å². The van der Waals surface area contributed by atoms with E-state index in [0.717, 1.165) is 0 Å². The lowest BCUT2D eigenvalue weighted by atomic mass is 10.3. The van der Waals surface area contributed by atoms with E-state index in [1.807, 2.05) is 0 Å². The Hall–Kier alpha value is -0.550. The van der Waals surface area contributed by atoms with Gasteiger partial charge in [0, 0.05) is 5.02 Å². The number of halogens is 4. The van der Waals surface area contributed by atoms with E-state index < -0.39 is 10.4 Å². The Balaban J connectivity index is 2.88. The molecular formula is C10H8Cl4N2O2. The van der Waals surface area contributed by atoms with E-state index in [4.69, 9.17) is 46.4 Å². The number of rotatable bonds is 4. The molecule has 0 fully saturated rings. The predicted molar refractivity (Wildman–Crippen MR) is 72.0 cm³/mol. The maximum Gasteiger partial charge on any atom is 0.367 e. The lowest BCUT2D eigenvalue weighted by Crippen LogP contribution is -2.25. The Morgan fingerprint density at radius 2 is 2.06 bits per heavy atom. The highest BCUT2D eigenvalue weighted by Crippen LogP contribution is 2.31. The molecule has 0 aliphatic heterocycles. The van der Waals surface area contributed by atoms with Gasteiger partial charge in [0.2, 0.25) is 0 Å². The van der Waals surface area contributed by atoms with Gasteiger partial charge in [-0.3, -0.25) is 0 Å². The zero-order valence-corrected chi connectivity index (χ0v) is 12.2. The summed E-state index contributed by atoms with van der Waals surface area (Å²) < 4.78 is 2.54. The van der Waals surface area contributed by atoms with Gasteiger partial charge in [-0.25, -0.2) is 4.79 Å². The molecule has 0 amide bonds. The van der Waals surface area contributed by atoms with Gasteiger partial charge >= 0.3 is 10.4 Å².